The van der Waals surface area contributed by atoms with Gasteiger partial charge in [0.2, 0.25) is 0 Å². The van der Waals surface area contributed by atoms with Crippen molar-refractivity contribution in [2.45, 2.75) is 90.4 Å². The SMILES string of the molecule is CCCCCC1CCC(C2CCCCC2)CC1.O=C(O)Cl. The molecule has 0 unspecified atom stereocenters. The fraction of sp³-hybridized carbons (Fsp3) is 0.944. The van der Waals surface area contributed by atoms with E-state index in [1.54, 1.807) is 38.5 Å². The van der Waals surface area contributed by atoms with Gasteiger partial charge in [0.1, 0.15) is 0 Å². The Labute approximate surface area is 135 Å². The lowest BCUT2D eigenvalue weighted by Crippen LogP contribution is -2.23. The van der Waals surface area contributed by atoms with Crippen LogP contribution in [0.2, 0.25) is 0 Å². The van der Waals surface area contributed by atoms with Gasteiger partial charge < -0.3 is 5.11 Å². The molecule has 124 valence electrons. The molecule has 0 saturated heterocycles. The van der Waals surface area contributed by atoms with Crippen molar-refractivity contribution in [2.24, 2.45) is 17.8 Å². The first-order chi connectivity index (χ1) is 10.1. The molecular formula is C18H33ClO2. The highest BCUT2D eigenvalue weighted by atomic mass is 35.5. The molecule has 2 nitrogen and oxygen atoms in total. The van der Waals surface area contributed by atoms with Gasteiger partial charge in [0.05, 0.1) is 0 Å². The Hall–Kier alpha value is -0.240. The van der Waals surface area contributed by atoms with Crippen molar-refractivity contribution in [3.8, 4) is 0 Å². The van der Waals surface area contributed by atoms with Crippen molar-refractivity contribution in [3.63, 3.8) is 0 Å². The first-order valence-corrected chi connectivity index (χ1v) is 9.39. The third-order valence-electron chi connectivity index (χ3n) is 5.42. The number of carboxylic acid groups (broad SMARTS) is 1. The highest BCUT2D eigenvalue weighted by Gasteiger charge is 2.28. The molecule has 0 bridgehead atoms. The first kappa shape index (κ1) is 18.8. The van der Waals surface area contributed by atoms with Crippen LogP contribution in [-0.2, 0) is 0 Å². The molecular weight excluding hydrogens is 284 g/mol. The van der Waals surface area contributed by atoms with Crippen LogP contribution in [0.1, 0.15) is 90.4 Å². The van der Waals surface area contributed by atoms with Crippen LogP contribution in [0.4, 0.5) is 4.79 Å². The second-order valence-corrected chi connectivity index (χ2v) is 7.25. The number of carbonyl (C=O) groups is 1. The van der Waals surface area contributed by atoms with E-state index in [0.717, 1.165) is 17.8 Å². The van der Waals surface area contributed by atoms with Gasteiger partial charge in [0.25, 0.3) is 0 Å². The van der Waals surface area contributed by atoms with Crippen molar-refractivity contribution in [1.82, 2.24) is 0 Å². The molecule has 0 atom stereocenters. The molecule has 2 fully saturated rings. The summed E-state index contributed by atoms with van der Waals surface area (Å²) < 4.78 is 0. The summed E-state index contributed by atoms with van der Waals surface area (Å²) in [5.74, 6) is 3.35. The van der Waals surface area contributed by atoms with Crippen LogP contribution in [-0.4, -0.2) is 10.5 Å². The number of halogens is 1. The van der Waals surface area contributed by atoms with Gasteiger partial charge in [-0.05, 0) is 30.6 Å². The Morgan fingerprint density at radius 1 is 0.952 bits per heavy atom. The monoisotopic (exact) mass is 316 g/mol. The summed E-state index contributed by atoms with van der Waals surface area (Å²) in [6.07, 6.45) is 19.8. The zero-order chi connectivity index (χ0) is 15.5. The lowest BCUT2D eigenvalue weighted by Gasteiger charge is -2.36. The maximum absolute atomic E-state index is 8.77. The van der Waals surface area contributed by atoms with Gasteiger partial charge in [0.15, 0.2) is 0 Å². The summed E-state index contributed by atoms with van der Waals surface area (Å²) in [6.45, 7) is 2.32. The Kier molecular flexibility index (Phi) is 10.2. The quantitative estimate of drug-likeness (QED) is 0.444. The van der Waals surface area contributed by atoms with Crippen molar-refractivity contribution in [1.29, 1.82) is 0 Å². The Balaban J connectivity index is 0.000000491. The van der Waals surface area contributed by atoms with Crippen LogP contribution < -0.4 is 0 Å². The van der Waals surface area contributed by atoms with E-state index in [-0.39, 0.29) is 0 Å². The van der Waals surface area contributed by atoms with Gasteiger partial charge >= 0.3 is 5.43 Å². The molecule has 2 rings (SSSR count). The van der Waals surface area contributed by atoms with E-state index < -0.39 is 5.43 Å². The molecule has 0 amide bonds. The minimum absolute atomic E-state index is 1.10. The molecule has 0 aromatic rings. The molecule has 0 aromatic carbocycles. The van der Waals surface area contributed by atoms with E-state index in [9.17, 15) is 0 Å². The van der Waals surface area contributed by atoms with E-state index in [2.05, 4.69) is 18.5 Å². The minimum Gasteiger partial charge on any atom is -0.469 e. The smallest absolute Gasteiger partial charge is 0.401 e. The molecule has 0 spiro atoms. The van der Waals surface area contributed by atoms with Gasteiger partial charge in [0, 0.05) is 11.6 Å². The number of hydrogen-bond acceptors (Lipinski definition) is 1. The third-order valence-corrected chi connectivity index (χ3v) is 5.42. The lowest BCUT2D eigenvalue weighted by atomic mass is 9.70. The Morgan fingerprint density at radius 2 is 1.48 bits per heavy atom. The number of rotatable bonds is 5. The van der Waals surface area contributed by atoms with Crippen molar-refractivity contribution < 1.29 is 9.90 Å². The van der Waals surface area contributed by atoms with E-state index >= 15 is 0 Å². The molecule has 2 aliphatic carbocycles. The molecule has 2 saturated carbocycles. The van der Waals surface area contributed by atoms with Crippen LogP contribution in [0, 0.1) is 17.8 Å². The summed E-state index contributed by atoms with van der Waals surface area (Å²) in [5, 5.41) is 7.18. The highest BCUT2D eigenvalue weighted by Crippen LogP contribution is 2.40. The van der Waals surface area contributed by atoms with Crippen LogP contribution in [0.3, 0.4) is 0 Å². The highest BCUT2D eigenvalue weighted by molar-refractivity contribution is 6.60. The number of unbranched alkanes of at least 4 members (excludes halogenated alkanes) is 2. The molecule has 21 heavy (non-hydrogen) atoms. The summed E-state index contributed by atoms with van der Waals surface area (Å²) in [6, 6.07) is 0. The lowest BCUT2D eigenvalue weighted by molar-refractivity contribution is 0.162. The van der Waals surface area contributed by atoms with Gasteiger partial charge in [-0.15, -0.1) is 0 Å². The van der Waals surface area contributed by atoms with Crippen LogP contribution in [0.5, 0.6) is 0 Å². The first-order valence-electron chi connectivity index (χ1n) is 9.01. The van der Waals surface area contributed by atoms with E-state index in [4.69, 9.17) is 9.90 Å². The summed E-state index contributed by atoms with van der Waals surface area (Å²) in [4.78, 5) is 8.77. The van der Waals surface area contributed by atoms with Gasteiger partial charge in [-0.1, -0.05) is 77.6 Å². The minimum atomic E-state index is -1.36. The zero-order valence-corrected chi connectivity index (χ0v) is 14.4. The summed E-state index contributed by atoms with van der Waals surface area (Å²) in [7, 11) is 0. The topological polar surface area (TPSA) is 37.3 Å². The summed E-state index contributed by atoms with van der Waals surface area (Å²) in [5.41, 5.74) is -1.36. The van der Waals surface area contributed by atoms with Gasteiger partial charge in [-0.25, -0.2) is 4.79 Å². The molecule has 0 radical (unpaired) electrons. The zero-order valence-electron chi connectivity index (χ0n) is 13.7. The predicted molar refractivity (Wildman–Crippen MR) is 90.0 cm³/mol. The van der Waals surface area contributed by atoms with E-state index in [1.807, 2.05) is 0 Å². The molecule has 1 N–H and O–H groups in total. The van der Waals surface area contributed by atoms with Crippen molar-refractivity contribution in [3.05, 3.63) is 0 Å². The third kappa shape index (κ3) is 8.70. The number of hydrogen-bond donors (Lipinski definition) is 1. The van der Waals surface area contributed by atoms with Gasteiger partial charge in [-0.3, -0.25) is 0 Å². The molecule has 2 aliphatic rings. The summed E-state index contributed by atoms with van der Waals surface area (Å²) >= 11 is 4.19. The standard InChI is InChI=1S/C17H32.CHClO2/c1-2-3-5-8-15-11-13-17(14-12-15)16-9-6-4-7-10-16;2-1(3)4/h15-17H,2-14H2,1H3;(H,3,4). The molecule has 0 aromatic heterocycles. The fourth-order valence-electron chi connectivity index (χ4n) is 4.24. The molecule has 3 heteroatoms. The van der Waals surface area contributed by atoms with Crippen molar-refractivity contribution >= 4 is 17.0 Å². The van der Waals surface area contributed by atoms with E-state index in [1.165, 1.54) is 44.9 Å². The second-order valence-electron chi connectivity index (χ2n) is 6.93. The van der Waals surface area contributed by atoms with Crippen molar-refractivity contribution in [2.75, 3.05) is 0 Å². The average Bonchev–Trinajstić information content (AvgIpc) is 2.49. The normalized spacial score (nSPS) is 26.8. The molecule has 0 aliphatic heterocycles. The van der Waals surface area contributed by atoms with Gasteiger partial charge in [-0.2, -0.15) is 0 Å². The largest absolute Gasteiger partial charge is 0.469 e. The predicted octanol–water partition coefficient (Wildman–Crippen LogP) is 6.86. The maximum Gasteiger partial charge on any atom is 0.401 e. The van der Waals surface area contributed by atoms with E-state index in [0.29, 0.717) is 0 Å². The van der Waals surface area contributed by atoms with Crippen LogP contribution >= 0.6 is 11.6 Å². The van der Waals surface area contributed by atoms with Crippen LogP contribution in [0.15, 0.2) is 0 Å². The maximum atomic E-state index is 8.77. The fourth-order valence-corrected chi connectivity index (χ4v) is 4.24. The second kappa shape index (κ2) is 11.3. The van der Waals surface area contributed by atoms with Crippen LogP contribution in [0.25, 0.3) is 0 Å². The Morgan fingerprint density at radius 3 is 2.00 bits per heavy atom. The average molecular weight is 317 g/mol. The Bertz CT molecular complexity index is 262. The molecule has 0 heterocycles.